The van der Waals surface area contributed by atoms with E-state index >= 15 is 0 Å². The number of hydrogen-bond acceptors (Lipinski definition) is 15. The molecule has 0 atom stereocenters. The number of nitrogens with zero attached hydrogens (tertiary/aromatic N) is 4. The van der Waals surface area contributed by atoms with Crippen molar-refractivity contribution in [1.29, 1.82) is 0 Å². The average Bonchev–Trinajstić information content (AvgIpc) is 3.09. The Morgan fingerprint density at radius 1 is 0.627 bits per heavy atom. The zero-order valence-electron chi connectivity index (χ0n) is 26.5. The second kappa shape index (κ2) is 13.3. The second-order valence-electron chi connectivity index (χ2n) is 10.9. The average molecular weight is 728 g/mol. The van der Waals surface area contributed by atoms with Crippen molar-refractivity contribution in [3.05, 3.63) is 91.0 Å². The molecular weight excluding hydrogens is 703 g/mol. The molecule has 0 bridgehead atoms. The third kappa shape index (κ3) is 6.73. The number of methoxy groups -OCH3 is 2. The molecule has 260 valence electrons. The first kappa shape index (κ1) is 34.7. The Labute approximate surface area is 290 Å². The van der Waals surface area contributed by atoms with Crippen LogP contribution in [0, 0.1) is 0 Å². The van der Waals surface area contributed by atoms with Crippen LogP contribution in [0.3, 0.4) is 0 Å². The van der Waals surface area contributed by atoms with E-state index < -0.39 is 52.2 Å². The van der Waals surface area contributed by atoms with Crippen molar-refractivity contribution in [1.82, 2.24) is 0 Å². The van der Waals surface area contributed by atoms with Gasteiger partial charge in [-0.2, -0.15) is 0 Å². The molecule has 0 heterocycles. The number of ether oxygens (including phenoxy) is 2. The van der Waals surface area contributed by atoms with Gasteiger partial charge in [0.2, 0.25) is 0 Å². The van der Waals surface area contributed by atoms with Gasteiger partial charge in [0.05, 0.1) is 35.1 Å². The van der Waals surface area contributed by atoms with Gasteiger partial charge >= 0.3 is 0 Å². The first-order chi connectivity index (χ1) is 24.2. The quantitative estimate of drug-likeness (QED) is 0.0756. The third-order valence-electron chi connectivity index (χ3n) is 7.85. The van der Waals surface area contributed by atoms with Crippen molar-refractivity contribution in [2.24, 2.45) is 20.5 Å². The number of phenols is 2. The van der Waals surface area contributed by atoms with Gasteiger partial charge < -0.3 is 34.5 Å². The van der Waals surface area contributed by atoms with Gasteiger partial charge in [-0.3, -0.25) is 0 Å². The minimum atomic E-state index is -5.35. The van der Waals surface area contributed by atoms with Crippen LogP contribution in [0.4, 0.5) is 28.4 Å². The fourth-order valence-corrected chi connectivity index (χ4v) is 6.80. The molecule has 0 saturated heterocycles. The lowest BCUT2D eigenvalue weighted by Crippen LogP contribution is -2.08. The van der Waals surface area contributed by atoms with Crippen LogP contribution in [0.25, 0.3) is 32.7 Å². The zero-order chi connectivity index (χ0) is 36.7. The van der Waals surface area contributed by atoms with Crippen LogP contribution in [0.2, 0.25) is 0 Å². The summed E-state index contributed by atoms with van der Waals surface area (Å²) in [6.07, 6.45) is 0. The Morgan fingerprint density at radius 3 is 1.76 bits per heavy atom. The van der Waals surface area contributed by atoms with E-state index in [0.29, 0.717) is 34.3 Å². The molecule has 0 unspecified atom stereocenters. The molecule has 0 saturated carbocycles. The lowest BCUT2D eigenvalue weighted by Gasteiger charge is -2.18. The maximum absolute atomic E-state index is 11.9. The van der Waals surface area contributed by atoms with Crippen LogP contribution in [-0.4, -0.2) is 50.4 Å². The highest BCUT2D eigenvalue weighted by atomic mass is 32.2. The molecule has 6 aromatic carbocycles. The smallest absolute Gasteiger partial charge is 0.153 e. The van der Waals surface area contributed by atoms with Crippen molar-refractivity contribution in [2.75, 3.05) is 20.0 Å². The Hall–Kier alpha value is -6.14. The SMILES string of the molecule is COc1cc(-c2ccc(N=Nc3c(O)ccc4ccccc34)c(OC)c2)ccc1N=Nc1ccc2c(S(=O)(=O)[O-])cc(S(=O)(=O)[O-])c(N)c2c1O. The van der Waals surface area contributed by atoms with Gasteiger partial charge in [-0.15, -0.1) is 20.5 Å². The lowest BCUT2D eigenvalue weighted by molar-refractivity contribution is 0.415. The molecule has 0 amide bonds. The fourth-order valence-electron chi connectivity index (χ4n) is 5.39. The largest absolute Gasteiger partial charge is 0.744 e. The minimum absolute atomic E-state index is 0.0231. The van der Waals surface area contributed by atoms with Crippen LogP contribution in [0.5, 0.6) is 23.0 Å². The first-order valence-electron chi connectivity index (χ1n) is 14.6. The predicted molar refractivity (Wildman–Crippen MR) is 185 cm³/mol. The Kier molecular flexibility index (Phi) is 9.05. The lowest BCUT2D eigenvalue weighted by atomic mass is 10.0. The molecule has 0 radical (unpaired) electrons. The number of rotatable bonds is 9. The van der Waals surface area contributed by atoms with E-state index in [1.54, 1.807) is 48.5 Å². The second-order valence-corrected chi connectivity index (χ2v) is 13.6. The molecule has 0 fully saturated rings. The number of anilines is 1. The molecule has 0 aliphatic rings. The fraction of sp³-hybridized carbons (Fsp3) is 0.0588. The van der Waals surface area contributed by atoms with E-state index in [4.69, 9.17) is 15.2 Å². The summed E-state index contributed by atoms with van der Waals surface area (Å²) in [5, 5.41) is 38.7. The van der Waals surface area contributed by atoms with Crippen LogP contribution < -0.4 is 15.2 Å². The summed E-state index contributed by atoms with van der Waals surface area (Å²) in [6, 6.07) is 23.5. The summed E-state index contributed by atoms with van der Waals surface area (Å²) < 4.78 is 82.0. The summed E-state index contributed by atoms with van der Waals surface area (Å²) in [7, 11) is -7.77. The minimum Gasteiger partial charge on any atom is -0.744 e. The van der Waals surface area contributed by atoms with Gasteiger partial charge in [0.1, 0.15) is 60.2 Å². The maximum Gasteiger partial charge on any atom is 0.153 e. The third-order valence-corrected chi connectivity index (χ3v) is 9.61. The van der Waals surface area contributed by atoms with Crippen molar-refractivity contribution in [3.63, 3.8) is 0 Å². The number of benzene rings is 6. The molecule has 0 aliphatic carbocycles. The highest BCUT2D eigenvalue weighted by Crippen LogP contribution is 2.45. The van der Waals surface area contributed by atoms with Gasteiger partial charge in [-0.25, -0.2) is 16.8 Å². The molecule has 51 heavy (non-hydrogen) atoms. The molecule has 15 nitrogen and oxygen atoms in total. The number of hydrogen-bond donors (Lipinski definition) is 3. The highest BCUT2D eigenvalue weighted by Gasteiger charge is 2.22. The Bertz CT molecular complexity index is 2660. The van der Waals surface area contributed by atoms with Gasteiger partial charge in [0, 0.05) is 10.8 Å². The van der Waals surface area contributed by atoms with Gasteiger partial charge in [-0.05, 0) is 59.0 Å². The molecule has 4 N–H and O–H groups in total. The number of nitrogens with two attached hydrogens (primary N) is 1. The van der Waals surface area contributed by atoms with Crippen molar-refractivity contribution >= 4 is 70.2 Å². The summed E-state index contributed by atoms with van der Waals surface area (Å²) in [5.41, 5.74) is 7.09. The van der Waals surface area contributed by atoms with Crippen molar-refractivity contribution in [3.8, 4) is 34.1 Å². The number of aromatic hydroxyl groups is 2. The number of phenolic OH excluding ortho intramolecular Hbond substituents is 2. The van der Waals surface area contributed by atoms with E-state index in [-0.39, 0.29) is 22.9 Å². The van der Waals surface area contributed by atoms with Gasteiger partial charge in [0.15, 0.2) is 5.75 Å². The summed E-state index contributed by atoms with van der Waals surface area (Å²) >= 11 is 0. The van der Waals surface area contributed by atoms with Crippen molar-refractivity contribution < 1.29 is 45.6 Å². The molecule has 6 aromatic rings. The molecule has 0 spiro atoms. The van der Waals surface area contributed by atoms with E-state index in [1.165, 1.54) is 14.2 Å². The molecule has 17 heteroatoms. The molecule has 0 aliphatic heterocycles. The summed E-state index contributed by atoms with van der Waals surface area (Å²) in [4.78, 5) is -2.25. The van der Waals surface area contributed by atoms with Gasteiger partial charge in [-0.1, -0.05) is 48.5 Å². The standard InChI is InChI=1S/C34H27N5O10S2/c1-48-27-15-19(20-8-12-24(28(16-20)49-2)37-39-33-21-6-4-3-5-18(21)9-14-26(33)40)7-11-23(27)36-38-25-13-10-22-29(50(42,43)44)17-30(51(45,46)47)32(35)31(22)34(25)41/h3-17,40-41H,35H2,1-2H3,(H,42,43,44)(H,45,46,47)/p-2. The number of azo groups is 2. The van der Waals surface area contributed by atoms with Crippen LogP contribution in [-0.2, 0) is 20.2 Å². The van der Waals surface area contributed by atoms with E-state index in [2.05, 4.69) is 20.5 Å². The molecular formula is C34H25N5O10S2-2. The summed E-state index contributed by atoms with van der Waals surface area (Å²) in [6.45, 7) is 0. The molecule has 0 aromatic heterocycles. The Balaban J connectivity index is 1.33. The van der Waals surface area contributed by atoms with E-state index in [9.17, 15) is 36.2 Å². The van der Waals surface area contributed by atoms with Crippen LogP contribution in [0.15, 0.2) is 121 Å². The van der Waals surface area contributed by atoms with Crippen LogP contribution in [0.1, 0.15) is 0 Å². The monoisotopic (exact) mass is 727 g/mol. The molecule has 6 rings (SSSR count). The van der Waals surface area contributed by atoms with Crippen LogP contribution >= 0.6 is 0 Å². The van der Waals surface area contributed by atoms with Crippen molar-refractivity contribution in [2.45, 2.75) is 9.79 Å². The summed E-state index contributed by atoms with van der Waals surface area (Å²) in [5.74, 6) is -0.194. The number of fused-ring (bicyclic) bond motifs is 2. The maximum atomic E-state index is 11.9. The Morgan fingerprint density at radius 2 is 1.18 bits per heavy atom. The first-order valence-corrected chi connectivity index (χ1v) is 17.4. The number of nitrogen functional groups attached to an aromatic ring is 1. The van der Waals surface area contributed by atoms with E-state index in [1.807, 2.05) is 24.3 Å². The zero-order valence-corrected chi connectivity index (χ0v) is 28.1. The van der Waals surface area contributed by atoms with Gasteiger partial charge in [0.25, 0.3) is 0 Å². The predicted octanol–water partition coefficient (Wildman–Crippen LogP) is 7.31. The topological polar surface area (TPSA) is 249 Å². The normalized spacial score (nSPS) is 12.3. The van der Waals surface area contributed by atoms with E-state index in [0.717, 1.165) is 22.9 Å². The highest BCUT2D eigenvalue weighted by molar-refractivity contribution is 7.86.